The van der Waals surface area contributed by atoms with E-state index in [0.717, 1.165) is 28.2 Å². The van der Waals surface area contributed by atoms with Gasteiger partial charge in [0.25, 0.3) is 5.24 Å². The summed E-state index contributed by atoms with van der Waals surface area (Å²) in [5.74, 6) is 0.0892. The summed E-state index contributed by atoms with van der Waals surface area (Å²) in [6, 6.07) is 3.65. The molecule has 0 saturated heterocycles. The van der Waals surface area contributed by atoms with Gasteiger partial charge < -0.3 is 5.73 Å². The third kappa shape index (κ3) is 2.62. The highest BCUT2D eigenvalue weighted by atomic mass is 79.9. The largest absolute Gasteiger partial charge is 0.360 e. The van der Waals surface area contributed by atoms with Crippen LogP contribution in [0.4, 0.5) is 4.79 Å². The first-order valence-electron chi connectivity index (χ1n) is 5.62. The molecule has 3 nitrogen and oxygen atoms in total. The number of carbonyl (C=O) groups is 2. The van der Waals surface area contributed by atoms with E-state index in [1.165, 1.54) is 0 Å². The summed E-state index contributed by atoms with van der Waals surface area (Å²) in [6.45, 7) is 4.16. The summed E-state index contributed by atoms with van der Waals surface area (Å²) >= 11 is 4.41. The Kier molecular flexibility index (Phi) is 3.56. The van der Waals surface area contributed by atoms with Crippen LogP contribution in [0, 0.1) is 5.41 Å². The summed E-state index contributed by atoms with van der Waals surface area (Å²) in [7, 11) is 0. The lowest BCUT2D eigenvalue weighted by Crippen LogP contribution is -2.28. The molecule has 0 heterocycles. The number of halogens is 1. The van der Waals surface area contributed by atoms with Crippen molar-refractivity contribution in [2.45, 2.75) is 31.6 Å². The van der Waals surface area contributed by atoms with E-state index in [2.05, 4.69) is 29.8 Å². The number of fused-ring (bicyclic) bond motifs is 1. The lowest BCUT2D eigenvalue weighted by atomic mass is 9.74. The molecule has 0 aliphatic heterocycles. The third-order valence-corrected chi connectivity index (χ3v) is 4.51. The van der Waals surface area contributed by atoms with E-state index in [-0.39, 0.29) is 11.2 Å². The van der Waals surface area contributed by atoms with Crippen LogP contribution >= 0.6 is 27.7 Å². The van der Waals surface area contributed by atoms with Crippen molar-refractivity contribution in [3.63, 3.8) is 0 Å². The molecule has 1 aromatic rings. The van der Waals surface area contributed by atoms with Crippen LogP contribution in [0.2, 0.25) is 0 Å². The fourth-order valence-corrected chi connectivity index (χ4v) is 3.50. The van der Waals surface area contributed by atoms with Crippen LogP contribution in [0.25, 0.3) is 0 Å². The quantitative estimate of drug-likeness (QED) is 0.798. The Morgan fingerprint density at radius 2 is 2.06 bits per heavy atom. The van der Waals surface area contributed by atoms with E-state index in [9.17, 15) is 9.59 Å². The molecule has 1 aliphatic carbocycles. The first kappa shape index (κ1) is 13.6. The molecule has 5 heteroatoms. The summed E-state index contributed by atoms with van der Waals surface area (Å²) < 4.78 is 0.924. The van der Waals surface area contributed by atoms with E-state index >= 15 is 0 Å². The number of rotatable bonds is 1. The van der Waals surface area contributed by atoms with Crippen LogP contribution in [0.5, 0.6) is 0 Å². The Labute approximate surface area is 119 Å². The van der Waals surface area contributed by atoms with Gasteiger partial charge in [0.2, 0.25) is 0 Å². The number of Topliss-reactive ketones (excluding diaryl/α,β-unsaturated/α-hetero) is 1. The van der Waals surface area contributed by atoms with Crippen molar-refractivity contribution in [1.82, 2.24) is 0 Å². The summed E-state index contributed by atoms with van der Waals surface area (Å²) in [6.07, 6.45) is 1.32. The number of thioether (sulfide) groups is 1. The number of nitrogens with two attached hydrogens (primary N) is 1. The zero-order valence-electron chi connectivity index (χ0n) is 10.2. The summed E-state index contributed by atoms with van der Waals surface area (Å²) in [5, 5.41) is -0.489. The van der Waals surface area contributed by atoms with Gasteiger partial charge in [-0.1, -0.05) is 29.8 Å². The molecule has 18 heavy (non-hydrogen) atoms. The first-order chi connectivity index (χ1) is 8.30. The van der Waals surface area contributed by atoms with Gasteiger partial charge in [0, 0.05) is 21.4 Å². The predicted octanol–water partition coefficient (Wildman–Crippen LogP) is 3.78. The summed E-state index contributed by atoms with van der Waals surface area (Å²) in [5.41, 5.74) is 6.80. The monoisotopic (exact) mass is 327 g/mol. The van der Waals surface area contributed by atoms with Gasteiger partial charge in [-0.3, -0.25) is 9.59 Å². The zero-order valence-corrected chi connectivity index (χ0v) is 12.7. The highest BCUT2D eigenvalue weighted by molar-refractivity contribution is 9.10. The lowest BCUT2D eigenvalue weighted by Gasteiger charge is -2.31. The van der Waals surface area contributed by atoms with Crippen molar-refractivity contribution in [3.05, 3.63) is 27.7 Å². The summed E-state index contributed by atoms with van der Waals surface area (Å²) in [4.78, 5) is 24.0. The molecule has 0 aromatic heterocycles. The second-order valence-electron chi connectivity index (χ2n) is 5.26. The number of ketones is 1. The Morgan fingerprint density at radius 3 is 2.67 bits per heavy atom. The number of hydrogen-bond acceptors (Lipinski definition) is 3. The van der Waals surface area contributed by atoms with Gasteiger partial charge >= 0.3 is 0 Å². The predicted molar refractivity (Wildman–Crippen MR) is 76.0 cm³/mol. The molecule has 1 aliphatic rings. The van der Waals surface area contributed by atoms with Crippen LogP contribution in [-0.4, -0.2) is 11.0 Å². The normalized spacial score (nSPS) is 17.4. The number of hydrogen-bond donors (Lipinski definition) is 1. The molecular weight excluding hydrogens is 314 g/mol. The van der Waals surface area contributed by atoms with Crippen molar-refractivity contribution in [2.24, 2.45) is 11.1 Å². The minimum absolute atomic E-state index is 0.0391. The van der Waals surface area contributed by atoms with E-state index in [1.54, 1.807) is 6.07 Å². The molecule has 0 bridgehead atoms. The van der Waals surface area contributed by atoms with Gasteiger partial charge in [0.15, 0.2) is 5.78 Å². The Bertz CT molecular complexity index is 540. The molecule has 0 unspecified atom stereocenters. The molecule has 0 spiro atoms. The molecule has 2 N–H and O–H groups in total. The van der Waals surface area contributed by atoms with Crippen molar-refractivity contribution >= 4 is 38.7 Å². The van der Waals surface area contributed by atoms with Crippen LogP contribution in [0.3, 0.4) is 0 Å². The van der Waals surface area contributed by atoms with E-state index in [0.29, 0.717) is 16.9 Å². The SMILES string of the molecule is CC1(C)CC(=O)c2c(SC(N)=O)ccc(Br)c2C1. The zero-order chi connectivity index (χ0) is 13.5. The average Bonchev–Trinajstić information content (AvgIpc) is 2.20. The molecule has 2 rings (SSSR count). The fraction of sp³-hybridized carbons (Fsp3) is 0.385. The molecular formula is C13H14BrNO2S. The fourth-order valence-electron chi connectivity index (χ4n) is 2.34. The number of primary amides is 1. The average molecular weight is 328 g/mol. The molecule has 0 saturated carbocycles. The van der Waals surface area contributed by atoms with Gasteiger partial charge in [-0.05, 0) is 41.3 Å². The molecule has 0 fully saturated rings. The Morgan fingerprint density at radius 1 is 1.39 bits per heavy atom. The minimum atomic E-state index is -0.489. The van der Waals surface area contributed by atoms with Crippen LogP contribution in [0.1, 0.15) is 36.2 Å². The maximum absolute atomic E-state index is 12.3. The van der Waals surface area contributed by atoms with Crippen molar-refractivity contribution < 1.29 is 9.59 Å². The second kappa shape index (κ2) is 4.70. The van der Waals surface area contributed by atoms with Crippen LogP contribution < -0.4 is 5.73 Å². The topological polar surface area (TPSA) is 60.2 Å². The highest BCUT2D eigenvalue weighted by Gasteiger charge is 2.34. The maximum atomic E-state index is 12.3. The van der Waals surface area contributed by atoms with E-state index in [4.69, 9.17) is 5.73 Å². The van der Waals surface area contributed by atoms with Crippen molar-refractivity contribution in [1.29, 1.82) is 0 Å². The van der Waals surface area contributed by atoms with Crippen LogP contribution in [-0.2, 0) is 6.42 Å². The highest BCUT2D eigenvalue weighted by Crippen LogP contribution is 2.41. The Balaban J connectivity index is 2.57. The van der Waals surface area contributed by atoms with Gasteiger partial charge in [-0.25, -0.2) is 0 Å². The van der Waals surface area contributed by atoms with Gasteiger partial charge in [-0.2, -0.15) is 0 Å². The number of amides is 1. The van der Waals surface area contributed by atoms with Gasteiger partial charge in [0.1, 0.15) is 0 Å². The maximum Gasteiger partial charge on any atom is 0.281 e. The molecule has 1 amide bonds. The smallest absolute Gasteiger partial charge is 0.281 e. The molecule has 1 aromatic carbocycles. The van der Waals surface area contributed by atoms with Gasteiger partial charge in [0.05, 0.1) is 0 Å². The number of benzene rings is 1. The second-order valence-corrected chi connectivity index (χ2v) is 7.16. The molecule has 0 atom stereocenters. The Hall–Kier alpha value is -0.810. The molecule has 96 valence electrons. The van der Waals surface area contributed by atoms with E-state index < -0.39 is 5.24 Å². The number of carbonyl (C=O) groups excluding carboxylic acids is 2. The van der Waals surface area contributed by atoms with E-state index in [1.807, 2.05) is 6.07 Å². The standard InChI is InChI=1S/C13H14BrNO2S/c1-13(2)5-7-8(14)3-4-10(18-12(15)17)11(7)9(16)6-13/h3-4H,5-6H2,1-2H3,(H2,15,17). The van der Waals surface area contributed by atoms with Crippen molar-refractivity contribution in [3.8, 4) is 0 Å². The molecule has 0 radical (unpaired) electrons. The lowest BCUT2D eigenvalue weighted by molar-refractivity contribution is 0.0908. The third-order valence-electron chi connectivity index (χ3n) is 3.00. The first-order valence-corrected chi connectivity index (χ1v) is 7.23. The van der Waals surface area contributed by atoms with Gasteiger partial charge in [-0.15, -0.1) is 0 Å². The van der Waals surface area contributed by atoms with Crippen LogP contribution in [0.15, 0.2) is 21.5 Å². The van der Waals surface area contributed by atoms with Crippen molar-refractivity contribution in [2.75, 3.05) is 0 Å². The minimum Gasteiger partial charge on any atom is -0.360 e.